The number of ether oxygens (including phenoxy) is 1. The number of nitrogens with two attached hydrogens (primary N) is 1. The second kappa shape index (κ2) is 9.94. The number of hydrogen-bond donors (Lipinski definition) is 2. The van der Waals surface area contributed by atoms with E-state index in [2.05, 4.69) is 10.1 Å². The van der Waals surface area contributed by atoms with Gasteiger partial charge in [0.15, 0.2) is 0 Å². The molecule has 3 N–H and O–H groups in total. The predicted octanol–water partition coefficient (Wildman–Crippen LogP) is 3.96. The Morgan fingerprint density at radius 2 is 1.68 bits per heavy atom. The average Bonchev–Trinajstić information content (AvgIpc) is 2.59. The van der Waals surface area contributed by atoms with Gasteiger partial charge in [-0.1, -0.05) is 30.7 Å². The van der Waals surface area contributed by atoms with Crippen LogP contribution in [-0.4, -0.2) is 24.7 Å². The minimum Gasteiger partial charge on any atom is -0.367 e. The molecular weight excluding hydrogens is 393 g/mol. The number of fused-ring (bicyclic) bond motifs is 2. The molecule has 0 heterocycles. The lowest BCUT2D eigenvalue weighted by Crippen LogP contribution is -2.49. The van der Waals surface area contributed by atoms with Crippen molar-refractivity contribution < 1.29 is 22.7 Å². The first-order chi connectivity index (χ1) is 12.8. The largest absolute Gasteiger partial charge is 0.411 e. The molecule has 0 spiro atoms. The van der Waals surface area contributed by atoms with E-state index >= 15 is 0 Å². The van der Waals surface area contributed by atoms with Gasteiger partial charge in [0.1, 0.15) is 6.61 Å². The number of alkyl halides is 3. The van der Waals surface area contributed by atoms with Gasteiger partial charge in [0, 0.05) is 18.5 Å². The first-order valence-corrected chi connectivity index (χ1v) is 9.57. The van der Waals surface area contributed by atoms with Crippen LogP contribution >= 0.6 is 12.4 Å². The van der Waals surface area contributed by atoms with Gasteiger partial charge in [-0.2, -0.15) is 13.2 Å². The lowest BCUT2D eigenvalue weighted by molar-refractivity contribution is -0.176. The van der Waals surface area contributed by atoms with E-state index in [1.165, 1.54) is 6.42 Å². The van der Waals surface area contributed by atoms with E-state index in [0.717, 1.165) is 31.2 Å². The molecule has 0 radical (unpaired) electrons. The quantitative estimate of drug-likeness (QED) is 0.732. The smallest absolute Gasteiger partial charge is 0.367 e. The first kappa shape index (κ1) is 23.0. The molecule has 2 atom stereocenters. The van der Waals surface area contributed by atoms with Crippen LogP contribution in [0, 0.1) is 17.8 Å². The summed E-state index contributed by atoms with van der Waals surface area (Å²) in [6.07, 6.45) is 0.902. The molecule has 0 saturated heterocycles. The maximum absolute atomic E-state index is 12.5. The van der Waals surface area contributed by atoms with Gasteiger partial charge in [0.2, 0.25) is 5.91 Å². The molecule has 2 saturated carbocycles. The van der Waals surface area contributed by atoms with Crippen molar-refractivity contribution in [1.82, 2.24) is 5.32 Å². The molecule has 3 rings (SSSR count). The Hall–Kier alpha value is -1.31. The maximum Gasteiger partial charge on any atom is 0.411 e. The fourth-order valence-corrected chi connectivity index (χ4v) is 4.37. The standard InChI is InChI=1S/C20H27F3N2O2.ClH/c21-20(22,23)12-27-11-14-6-4-13(5-7-14)10-25-19(26)17-8-15-2-1-3-16(9-17)18(15)24;/h4-7,15-18H,1-3,8-12,24H2,(H,25,26);1H. The van der Waals surface area contributed by atoms with Crippen LogP contribution < -0.4 is 11.1 Å². The second-order valence-corrected chi connectivity index (χ2v) is 7.84. The SMILES string of the molecule is Cl.NC1C2CCCC1CC(C(=O)NCc1ccc(COCC(F)(F)F)cc1)C2. The highest BCUT2D eigenvalue weighted by atomic mass is 35.5. The molecule has 8 heteroatoms. The summed E-state index contributed by atoms with van der Waals surface area (Å²) in [7, 11) is 0. The number of amides is 1. The normalized spacial score (nSPS) is 27.0. The van der Waals surface area contributed by atoms with Crippen molar-refractivity contribution in [3.63, 3.8) is 0 Å². The summed E-state index contributed by atoms with van der Waals surface area (Å²) in [4.78, 5) is 12.5. The van der Waals surface area contributed by atoms with Crippen LogP contribution in [0.1, 0.15) is 43.2 Å². The van der Waals surface area contributed by atoms with Gasteiger partial charge in [-0.25, -0.2) is 0 Å². The highest BCUT2D eigenvalue weighted by molar-refractivity contribution is 5.85. The van der Waals surface area contributed by atoms with Gasteiger partial charge < -0.3 is 15.8 Å². The lowest BCUT2D eigenvalue weighted by atomic mass is 9.65. The second-order valence-electron chi connectivity index (χ2n) is 7.84. The van der Waals surface area contributed by atoms with Gasteiger partial charge >= 0.3 is 6.18 Å². The van der Waals surface area contributed by atoms with Gasteiger partial charge in [-0.3, -0.25) is 4.79 Å². The Morgan fingerprint density at radius 3 is 2.25 bits per heavy atom. The fourth-order valence-electron chi connectivity index (χ4n) is 4.37. The summed E-state index contributed by atoms with van der Waals surface area (Å²) >= 11 is 0. The Bertz CT molecular complexity index is 625. The minimum atomic E-state index is -4.31. The molecule has 1 aromatic carbocycles. The van der Waals surface area contributed by atoms with Crippen molar-refractivity contribution in [2.24, 2.45) is 23.5 Å². The third-order valence-electron chi connectivity index (χ3n) is 5.81. The number of nitrogens with one attached hydrogen (secondary N) is 1. The van der Waals surface area contributed by atoms with E-state index in [0.29, 0.717) is 23.9 Å². The van der Waals surface area contributed by atoms with E-state index in [9.17, 15) is 18.0 Å². The topological polar surface area (TPSA) is 64.4 Å². The Labute approximate surface area is 169 Å². The summed E-state index contributed by atoms with van der Waals surface area (Å²) in [6.45, 7) is -0.921. The maximum atomic E-state index is 12.5. The molecule has 2 bridgehead atoms. The molecule has 2 fully saturated rings. The molecule has 2 aliphatic rings. The van der Waals surface area contributed by atoms with Gasteiger partial charge in [-0.05, 0) is 48.6 Å². The van der Waals surface area contributed by atoms with Gasteiger partial charge in [0.05, 0.1) is 6.61 Å². The molecule has 0 aromatic heterocycles. The molecule has 4 nitrogen and oxygen atoms in total. The van der Waals surface area contributed by atoms with Crippen molar-refractivity contribution in [3.8, 4) is 0 Å². The van der Waals surface area contributed by atoms with E-state index in [4.69, 9.17) is 5.73 Å². The molecular formula is C20H28ClF3N2O2. The zero-order valence-corrected chi connectivity index (χ0v) is 16.5. The van der Waals surface area contributed by atoms with Crippen LogP contribution in [-0.2, 0) is 22.7 Å². The van der Waals surface area contributed by atoms with E-state index in [-0.39, 0.29) is 36.9 Å². The molecule has 1 aromatic rings. The van der Waals surface area contributed by atoms with Crippen LogP contribution in [0.5, 0.6) is 0 Å². The van der Waals surface area contributed by atoms with Gasteiger partial charge in [-0.15, -0.1) is 12.4 Å². The Morgan fingerprint density at radius 1 is 1.11 bits per heavy atom. The van der Waals surface area contributed by atoms with Crippen molar-refractivity contribution in [2.45, 2.75) is 57.5 Å². The molecule has 1 amide bonds. The Balaban J connectivity index is 0.00000280. The minimum absolute atomic E-state index is 0. The first-order valence-electron chi connectivity index (χ1n) is 9.57. The fraction of sp³-hybridized carbons (Fsp3) is 0.650. The van der Waals surface area contributed by atoms with Crippen molar-refractivity contribution in [2.75, 3.05) is 6.61 Å². The summed E-state index contributed by atoms with van der Waals surface area (Å²) in [5, 5.41) is 3.00. The van der Waals surface area contributed by atoms with Crippen LogP contribution in [0.2, 0.25) is 0 Å². The average molecular weight is 421 g/mol. The van der Waals surface area contributed by atoms with Crippen LogP contribution in [0.4, 0.5) is 13.2 Å². The van der Waals surface area contributed by atoms with Crippen LogP contribution in [0.15, 0.2) is 24.3 Å². The molecule has 0 aliphatic heterocycles. The molecule has 158 valence electrons. The van der Waals surface area contributed by atoms with Crippen LogP contribution in [0.25, 0.3) is 0 Å². The number of carbonyl (C=O) groups is 1. The number of hydrogen-bond acceptors (Lipinski definition) is 3. The van der Waals surface area contributed by atoms with E-state index in [1.807, 2.05) is 0 Å². The van der Waals surface area contributed by atoms with Crippen molar-refractivity contribution in [3.05, 3.63) is 35.4 Å². The third-order valence-corrected chi connectivity index (χ3v) is 5.81. The summed E-state index contributed by atoms with van der Waals surface area (Å²) in [5.41, 5.74) is 7.86. The molecule has 28 heavy (non-hydrogen) atoms. The number of rotatable bonds is 6. The summed E-state index contributed by atoms with van der Waals surface area (Å²) < 4.78 is 40.9. The predicted molar refractivity (Wildman–Crippen MR) is 103 cm³/mol. The summed E-state index contributed by atoms with van der Waals surface area (Å²) in [5.74, 6) is 1.04. The number of halogens is 4. The Kier molecular flexibility index (Phi) is 8.16. The van der Waals surface area contributed by atoms with Crippen molar-refractivity contribution in [1.29, 1.82) is 0 Å². The van der Waals surface area contributed by atoms with E-state index < -0.39 is 12.8 Å². The zero-order chi connectivity index (χ0) is 19.4. The number of carbonyl (C=O) groups excluding carboxylic acids is 1. The van der Waals surface area contributed by atoms with Crippen LogP contribution in [0.3, 0.4) is 0 Å². The monoisotopic (exact) mass is 420 g/mol. The van der Waals surface area contributed by atoms with Gasteiger partial charge in [0.25, 0.3) is 0 Å². The van der Waals surface area contributed by atoms with Crippen molar-refractivity contribution >= 4 is 18.3 Å². The summed E-state index contributed by atoms with van der Waals surface area (Å²) in [6, 6.07) is 7.30. The molecule has 2 aliphatic carbocycles. The highest BCUT2D eigenvalue weighted by Gasteiger charge is 2.40. The lowest BCUT2D eigenvalue weighted by Gasteiger charge is -2.43. The molecule has 2 unspecified atom stereocenters. The van der Waals surface area contributed by atoms with E-state index in [1.54, 1.807) is 24.3 Å². The third kappa shape index (κ3) is 6.36. The number of benzene rings is 1. The highest BCUT2D eigenvalue weighted by Crippen LogP contribution is 2.41. The zero-order valence-electron chi connectivity index (χ0n) is 15.7.